The summed E-state index contributed by atoms with van der Waals surface area (Å²) in [5.41, 5.74) is -0.841. The number of rotatable bonds is 3. The standard InChI is InChI=1S/C15H12ClF5N2S/c16-8-2-1-7(24-8)15(23-5-3-22-4-6-23)9-10(17)12(19)14(21)13(20)11(9)18/h1-2,15,22H,3-6H2/t15-/m0/s1. The molecule has 9 heteroatoms. The Kier molecular flexibility index (Phi) is 5.10. The molecule has 1 fully saturated rings. The van der Waals surface area contributed by atoms with Crippen molar-refractivity contribution in [2.75, 3.05) is 26.2 Å². The average Bonchev–Trinajstić information content (AvgIpc) is 3.01. The first-order valence-electron chi connectivity index (χ1n) is 7.13. The van der Waals surface area contributed by atoms with E-state index in [1.807, 2.05) is 0 Å². The summed E-state index contributed by atoms with van der Waals surface area (Å²) >= 11 is 6.94. The summed E-state index contributed by atoms with van der Waals surface area (Å²) in [5, 5.41) is 3.08. The summed E-state index contributed by atoms with van der Waals surface area (Å²) in [6.07, 6.45) is 0. The van der Waals surface area contributed by atoms with Crippen LogP contribution in [0.2, 0.25) is 4.34 Å². The number of hydrogen-bond acceptors (Lipinski definition) is 3. The number of thiophene rings is 1. The molecule has 0 bridgehead atoms. The lowest BCUT2D eigenvalue weighted by atomic mass is 10.0. The minimum atomic E-state index is -2.16. The molecule has 1 aromatic heterocycles. The number of nitrogens with one attached hydrogen (secondary N) is 1. The van der Waals surface area contributed by atoms with E-state index in [1.54, 1.807) is 4.90 Å². The first-order chi connectivity index (χ1) is 11.4. The Morgan fingerprint density at radius 1 is 0.917 bits per heavy atom. The highest BCUT2D eigenvalue weighted by Crippen LogP contribution is 2.39. The molecule has 2 aromatic rings. The van der Waals surface area contributed by atoms with Crippen LogP contribution in [0.1, 0.15) is 16.5 Å². The van der Waals surface area contributed by atoms with Gasteiger partial charge in [0, 0.05) is 31.1 Å². The highest BCUT2D eigenvalue weighted by molar-refractivity contribution is 7.16. The van der Waals surface area contributed by atoms with Gasteiger partial charge in [0.25, 0.3) is 0 Å². The molecule has 24 heavy (non-hydrogen) atoms. The van der Waals surface area contributed by atoms with Gasteiger partial charge in [-0.25, -0.2) is 22.0 Å². The van der Waals surface area contributed by atoms with Crippen LogP contribution in [0.4, 0.5) is 22.0 Å². The van der Waals surface area contributed by atoms with Crippen molar-refractivity contribution in [1.82, 2.24) is 10.2 Å². The van der Waals surface area contributed by atoms with Crippen LogP contribution in [-0.4, -0.2) is 31.1 Å². The Bertz CT molecular complexity index is 732. The van der Waals surface area contributed by atoms with Gasteiger partial charge in [0.1, 0.15) is 0 Å². The zero-order valence-corrected chi connectivity index (χ0v) is 13.8. The van der Waals surface area contributed by atoms with Crippen molar-refractivity contribution in [2.24, 2.45) is 0 Å². The third-order valence-electron chi connectivity index (χ3n) is 3.90. The fourth-order valence-corrected chi connectivity index (χ4v) is 3.99. The molecule has 1 aliphatic rings. The van der Waals surface area contributed by atoms with Crippen LogP contribution >= 0.6 is 22.9 Å². The molecular formula is C15H12ClF5N2S. The maximum absolute atomic E-state index is 14.3. The van der Waals surface area contributed by atoms with Gasteiger partial charge in [-0.1, -0.05) is 11.6 Å². The first kappa shape index (κ1) is 17.6. The minimum absolute atomic E-state index is 0.369. The normalized spacial score (nSPS) is 17.2. The second-order valence-corrected chi connectivity index (χ2v) is 7.06. The van der Waals surface area contributed by atoms with Crippen molar-refractivity contribution in [1.29, 1.82) is 0 Å². The molecule has 1 aliphatic heterocycles. The third kappa shape index (κ3) is 3.03. The maximum atomic E-state index is 14.3. The van der Waals surface area contributed by atoms with Gasteiger partial charge in [0.05, 0.1) is 15.9 Å². The van der Waals surface area contributed by atoms with E-state index in [0.717, 1.165) is 11.3 Å². The molecule has 1 aromatic carbocycles. The number of piperazine rings is 1. The molecule has 3 rings (SSSR count). The molecule has 1 N–H and O–H groups in total. The van der Waals surface area contributed by atoms with E-state index in [-0.39, 0.29) is 0 Å². The summed E-state index contributed by atoms with van der Waals surface area (Å²) in [6.45, 7) is 1.90. The van der Waals surface area contributed by atoms with E-state index in [9.17, 15) is 22.0 Å². The number of benzene rings is 1. The molecule has 130 valence electrons. The highest BCUT2D eigenvalue weighted by atomic mass is 35.5. The minimum Gasteiger partial charge on any atom is -0.314 e. The molecule has 1 atom stereocenters. The molecule has 0 spiro atoms. The second-order valence-electron chi connectivity index (χ2n) is 5.31. The largest absolute Gasteiger partial charge is 0.314 e. The predicted molar refractivity (Wildman–Crippen MR) is 81.8 cm³/mol. The van der Waals surface area contributed by atoms with Gasteiger partial charge in [0.2, 0.25) is 5.82 Å². The Labute approximate surface area is 143 Å². The molecule has 0 aliphatic carbocycles. The lowest BCUT2D eigenvalue weighted by molar-refractivity contribution is 0.190. The molecule has 0 amide bonds. The van der Waals surface area contributed by atoms with E-state index in [1.165, 1.54) is 12.1 Å². The van der Waals surface area contributed by atoms with E-state index in [2.05, 4.69) is 5.32 Å². The smallest absolute Gasteiger partial charge is 0.200 e. The summed E-state index contributed by atoms with van der Waals surface area (Å²) in [4.78, 5) is 2.10. The Balaban J connectivity index is 2.19. The SMILES string of the molecule is Fc1c(F)c(F)c([C@H](c2ccc(Cl)s2)N2CCNCC2)c(F)c1F. The van der Waals surface area contributed by atoms with Crippen molar-refractivity contribution in [3.05, 3.63) is 56.0 Å². The van der Waals surface area contributed by atoms with Crippen LogP contribution in [0, 0.1) is 29.1 Å². The average molecular weight is 383 g/mol. The molecule has 0 unspecified atom stereocenters. The zero-order chi connectivity index (χ0) is 17.4. The summed E-state index contributed by atoms with van der Waals surface area (Å²) in [7, 11) is 0. The highest BCUT2D eigenvalue weighted by Gasteiger charge is 2.35. The van der Waals surface area contributed by atoms with Gasteiger partial charge in [-0.05, 0) is 12.1 Å². The van der Waals surface area contributed by atoms with Gasteiger partial charge in [-0.15, -0.1) is 11.3 Å². The van der Waals surface area contributed by atoms with E-state index in [4.69, 9.17) is 11.6 Å². The van der Waals surface area contributed by atoms with Crippen LogP contribution in [0.15, 0.2) is 12.1 Å². The van der Waals surface area contributed by atoms with Crippen molar-refractivity contribution < 1.29 is 22.0 Å². The Hall–Kier alpha value is -1.22. The third-order valence-corrected chi connectivity index (χ3v) is 5.18. The molecule has 2 heterocycles. The van der Waals surface area contributed by atoms with Crippen LogP contribution < -0.4 is 5.32 Å². The van der Waals surface area contributed by atoms with Crippen molar-refractivity contribution in [3.63, 3.8) is 0 Å². The van der Waals surface area contributed by atoms with Crippen molar-refractivity contribution in [3.8, 4) is 0 Å². The van der Waals surface area contributed by atoms with Crippen molar-refractivity contribution >= 4 is 22.9 Å². The number of halogens is 6. The lowest BCUT2D eigenvalue weighted by Crippen LogP contribution is -2.45. The molecule has 2 nitrogen and oxygen atoms in total. The monoisotopic (exact) mass is 382 g/mol. The second kappa shape index (κ2) is 6.95. The van der Waals surface area contributed by atoms with Crippen LogP contribution in [0.5, 0.6) is 0 Å². The number of nitrogens with zero attached hydrogens (tertiary/aromatic N) is 1. The van der Waals surface area contributed by atoms with Crippen LogP contribution in [0.3, 0.4) is 0 Å². The summed E-state index contributed by atoms with van der Waals surface area (Å²) in [5.74, 6) is -9.64. The molecule has 0 radical (unpaired) electrons. The van der Waals surface area contributed by atoms with Gasteiger partial charge in [0.15, 0.2) is 23.3 Å². The summed E-state index contributed by atoms with van der Waals surface area (Å²) in [6, 6.07) is 1.98. The van der Waals surface area contributed by atoms with E-state index < -0.39 is 40.7 Å². The Morgan fingerprint density at radius 2 is 1.46 bits per heavy atom. The van der Waals surface area contributed by atoms with Gasteiger partial charge in [-0.3, -0.25) is 4.90 Å². The fourth-order valence-electron chi connectivity index (χ4n) is 2.78. The van der Waals surface area contributed by atoms with E-state index in [0.29, 0.717) is 35.4 Å². The summed E-state index contributed by atoms with van der Waals surface area (Å²) < 4.78 is 69.6. The fraction of sp³-hybridized carbons (Fsp3) is 0.333. The molecular weight excluding hydrogens is 371 g/mol. The topological polar surface area (TPSA) is 15.3 Å². The molecule has 1 saturated heterocycles. The maximum Gasteiger partial charge on any atom is 0.200 e. The number of hydrogen-bond donors (Lipinski definition) is 1. The van der Waals surface area contributed by atoms with Crippen LogP contribution in [-0.2, 0) is 0 Å². The van der Waals surface area contributed by atoms with Gasteiger partial charge >= 0.3 is 0 Å². The predicted octanol–water partition coefficient (Wildman–Crippen LogP) is 4.09. The van der Waals surface area contributed by atoms with E-state index >= 15 is 0 Å². The van der Waals surface area contributed by atoms with Crippen molar-refractivity contribution in [2.45, 2.75) is 6.04 Å². The molecule has 0 saturated carbocycles. The lowest BCUT2D eigenvalue weighted by Gasteiger charge is -2.35. The first-order valence-corrected chi connectivity index (χ1v) is 8.32. The van der Waals surface area contributed by atoms with Gasteiger partial charge < -0.3 is 5.32 Å². The zero-order valence-electron chi connectivity index (χ0n) is 12.2. The Morgan fingerprint density at radius 3 is 1.96 bits per heavy atom. The van der Waals surface area contributed by atoms with Gasteiger partial charge in [-0.2, -0.15) is 0 Å². The quantitative estimate of drug-likeness (QED) is 0.488. The van der Waals surface area contributed by atoms with Crippen LogP contribution in [0.25, 0.3) is 0 Å².